The van der Waals surface area contributed by atoms with Crippen molar-refractivity contribution < 1.29 is 5.11 Å². The van der Waals surface area contributed by atoms with E-state index in [-0.39, 0.29) is 6.10 Å². The van der Waals surface area contributed by atoms with Gasteiger partial charge in [-0.3, -0.25) is 5.10 Å². The first-order valence-electron chi connectivity index (χ1n) is 4.86. The molecule has 1 atom stereocenters. The van der Waals surface area contributed by atoms with Crippen LogP contribution in [-0.4, -0.2) is 21.4 Å². The van der Waals surface area contributed by atoms with Crippen molar-refractivity contribution in [3.05, 3.63) is 30.0 Å². The Morgan fingerprint density at radius 1 is 1.50 bits per heavy atom. The number of aryl methyl sites for hydroxylation is 1. The van der Waals surface area contributed by atoms with Gasteiger partial charge in [-0.2, -0.15) is 5.10 Å². The topological polar surface area (TPSA) is 48.9 Å². The Bertz CT molecular complexity index is 420. The highest BCUT2D eigenvalue weighted by atomic mass is 16.3. The van der Waals surface area contributed by atoms with E-state index in [4.69, 9.17) is 0 Å². The van der Waals surface area contributed by atoms with Crippen molar-refractivity contribution in [3.8, 4) is 0 Å². The van der Waals surface area contributed by atoms with Crippen LogP contribution < -0.4 is 0 Å². The lowest BCUT2D eigenvalue weighted by atomic mass is 10.1. The van der Waals surface area contributed by atoms with E-state index < -0.39 is 0 Å². The number of rotatable bonds is 3. The van der Waals surface area contributed by atoms with E-state index in [2.05, 4.69) is 16.3 Å². The molecule has 74 valence electrons. The summed E-state index contributed by atoms with van der Waals surface area (Å²) in [5.74, 6) is 0. The summed E-state index contributed by atoms with van der Waals surface area (Å²) in [5.41, 5.74) is 2.31. The highest BCUT2D eigenvalue weighted by Gasteiger charge is 2.03. The molecule has 2 N–H and O–H groups in total. The smallest absolute Gasteiger partial charge is 0.0682 e. The number of para-hydroxylation sites is 1. The number of hydrogen-bond donors (Lipinski definition) is 2. The quantitative estimate of drug-likeness (QED) is 0.776. The zero-order valence-electron chi connectivity index (χ0n) is 8.20. The number of aromatic amines is 1. The first kappa shape index (κ1) is 9.21. The van der Waals surface area contributed by atoms with E-state index in [0.29, 0.717) is 0 Å². The molecule has 3 nitrogen and oxygen atoms in total. The number of benzene rings is 1. The second-order valence-electron chi connectivity index (χ2n) is 3.64. The predicted octanol–water partition coefficient (Wildman–Crippen LogP) is 1.88. The van der Waals surface area contributed by atoms with E-state index in [1.807, 2.05) is 25.3 Å². The largest absolute Gasteiger partial charge is 0.393 e. The molecule has 1 heterocycles. The number of nitrogens with one attached hydrogen (secondary N) is 1. The maximum Gasteiger partial charge on any atom is 0.0682 e. The molecule has 14 heavy (non-hydrogen) atoms. The van der Waals surface area contributed by atoms with E-state index in [1.165, 1.54) is 5.56 Å². The van der Waals surface area contributed by atoms with Crippen LogP contribution >= 0.6 is 0 Å². The lowest BCUT2D eigenvalue weighted by molar-refractivity contribution is 0.185. The Balaban J connectivity index is 2.27. The third-order valence-corrected chi connectivity index (χ3v) is 2.39. The molecule has 3 heteroatoms. The molecule has 0 aliphatic carbocycles. The molecule has 2 aromatic rings. The van der Waals surface area contributed by atoms with Gasteiger partial charge in [0, 0.05) is 5.39 Å². The number of fused-ring (bicyclic) bond motifs is 1. The molecule has 0 saturated carbocycles. The first-order valence-corrected chi connectivity index (χ1v) is 4.86. The van der Waals surface area contributed by atoms with Crippen LogP contribution in [0.2, 0.25) is 0 Å². The standard InChI is InChI=1S/C11H14N2O/c1-8(14)5-6-9-3-2-4-10-7-12-13-11(9)10/h2-4,7-8,14H,5-6H2,1H3,(H,12,13)/t8-/m1/s1. The van der Waals surface area contributed by atoms with E-state index in [1.54, 1.807) is 0 Å². The fraction of sp³-hybridized carbons (Fsp3) is 0.364. The lowest BCUT2D eigenvalue weighted by Crippen LogP contribution is -2.01. The van der Waals surface area contributed by atoms with Crippen LogP contribution in [0.25, 0.3) is 10.9 Å². The number of aromatic nitrogens is 2. The Kier molecular flexibility index (Phi) is 2.50. The van der Waals surface area contributed by atoms with Crippen molar-refractivity contribution in [1.29, 1.82) is 0 Å². The zero-order chi connectivity index (χ0) is 9.97. The number of aliphatic hydroxyl groups excluding tert-OH is 1. The monoisotopic (exact) mass is 190 g/mol. The zero-order valence-corrected chi connectivity index (χ0v) is 8.20. The molecule has 0 bridgehead atoms. The van der Waals surface area contributed by atoms with Crippen molar-refractivity contribution in [3.63, 3.8) is 0 Å². The Morgan fingerprint density at radius 2 is 2.36 bits per heavy atom. The van der Waals surface area contributed by atoms with Gasteiger partial charge in [0.15, 0.2) is 0 Å². The Hall–Kier alpha value is -1.35. The summed E-state index contributed by atoms with van der Waals surface area (Å²) in [6.07, 6.45) is 3.25. The van der Waals surface area contributed by atoms with Crippen molar-refractivity contribution >= 4 is 10.9 Å². The molecule has 0 spiro atoms. The third-order valence-electron chi connectivity index (χ3n) is 2.39. The molecule has 1 aromatic carbocycles. The van der Waals surface area contributed by atoms with Crippen molar-refractivity contribution in [2.75, 3.05) is 0 Å². The van der Waals surface area contributed by atoms with E-state index in [0.717, 1.165) is 23.7 Å². The van der Waals surface area contributed by atoms with Crippen molar-refractivity contribution in [1.82, 2.24) is 10.2 Å². The third kappa shape index (κ3) is 1.77. The minimum Gasteiger partial charge on any atom is -0.393 e. The van der Waals surface area contributed by atoms with Gasteiger partial charge in [0.05, 0.1) is 17.8 Å². The van der Waals surface area contributed by atoms with Crippen LogP contribution in [0.5, 0.6) is 0 Å². The second-order valence-corrected chi connectivity index (χ2v) is 3.64. The second kappa shape index (κ2) is 3.80. The number of H-pyrrole nitrogens is 1. The van der Waals surface area contributed by atoms with Crippen molar-refractivity contribution in [2.45, 2.75) is 25.9 Å². The molecule has 1 aromatic heterocycles. The molecule has 0 unspecified atom stereocenters. The number of hydrogen-bond acceptors (Lipinski definition) is 2. The summed E-state index contributed by atoms with van der Waals surface area (Å²) in [4.78, 5) is 0. The normalized spacial score (nSPS) is 13.3. The summed E-state index contributed by atoms with van der Waals surface area (Å²) in [5, 5.41) is 17.3. The molecule has 0 saturated heterocycles. The molecule has 0 radical (unpaired) electrons. The van der Waals surface area contributed by atoms with Gasteiger partial charge in [0.2, 0.25) is 0 Å². The van der Waals surface area contributed by atoms with Gasteiger partial charge in [-0.25, -0.2) is 0 Å². The molecule has 0 amide bonds. The number of aliphatic hydroxyl groups is 1. The summed E-state index contributed by atoms with van der Waals surface area (Å²) < 4.78 is 0. The van der Waals surface area contributed by atoms with Gasteiger partial charge in [-0.05, 0) is 25.3 Å². The summed E-state index contributed by atoms with van der Waals surface area (Å²) >= 11 is 0. The highest BCUT2D eigenvalue weighted by molar-refractivity contribution is 5.81. The molecule has 2 rings (SSSR count). The minimum absolute atomic E-state index is 0.242. The van der Waals surface area contributed by atoms with Gasteiger partial charge in [0.1, 0.15) is 0 Å². The molecule has 0 fully saturated rings. The van der Waals surface area contributed by atoms with Gasteiger partial charge < -0.3 is 5.11 Å². The summed E-state index contributed by atoms with van der Waals surface area (Å²) in [6.45, 7) is 1.81. The first-order chi connectivity index (χ1) is 6.77. The van der Waals surface area contributed by atoms with Gasteiger partial charge >= 0.3 is 0 Å². The minimum atomic E-state index is -0.242. The van der Waals surface area contributed by atoms with Crippen molar-refractivity contribution in [2.24, 2.45) is 0 Å². The summed E-state index contributed by atoms with van der Waals surface area (Å²) in [7, 11) is 0. The van der Waals surface area contributed by atoms with E-state index in [9.17, 15) is 5.11 Å². The fourth-order valence-corrected chi connectivity index (χ4v) is 1.60. The van der Waals surface area contributed by atoms with E-state index >= 15 is 0 Å². The maximum absolute atomic E-state index is 9.21. The van der Waals surface area contributed by atoms with Crippen LogP contribution in [0.4, 0.5) is 0 Å². The van der Waals surface area contributed by atoms with Crippen LogP contribution in [0.3, 0.4) is 0 Å². The lowest BCUT2D eigenvalue weighted by Gasteiger charge is -2.04. The highest BCUT2D eigenvalue weighted by Crippen LogP contribution is 2.17. The molecular weight excluding hydrogens is 176 g/mol. The summed E-state index contributed by atoms with van der Waals surface area (Å²) in [6, 6.07) is 6.13. The predicted molar refractivity (Wildman–Crippen MR) is 56.1 cm³/mol. The van der Waals surface area contributed by atoms with Crippen LogP contribution in [0.1, 0.15) is 18.9 Å². The fourth-order valence-electron chi connectivity index (χ4n) is 1.60. The van der Waals surface area contributed by atoms with Crippen LogP contribution in [0.15, 0.2) is 24.4 Å². The number of nitrogens with zero attached hydrogens (tertiary/aromatic N) is 1. The molecule has 0 aliphatic rings. The average Bonchev–Trinajstić information content (AvgIpc) is 2.62. The molecular formula is C11H14N2O. The average molecular weight is 190 g/mol. The molecule has 0 aliphatic heterocycles. The van der Waals surface area contributed by atoms with Gasteiger partial charge in [-0.15, -0.1) is 0 Å². The Morgan fingerprint density at radius 3 is 3.14 bits per heavy atom. The maximum atomic E-state index is 9.21. The SMILES string of the molecule is C[C@@H](O)CCc1cccc2cn[nH]c12. The van der Waals surface area contributed by atoms with Crippen LogP contribution in [-0.2, 0) is 6.42 Å². The van der Waals surface area contributed by atoms with Gasteiger partial charge in [0.25, 0.3) is 0 Å². The van der Waals surface area contributed by atoms with Gasteiger partial charge in [-0.1, -0.05) is 18.2 Å². The Labute approximate surface area is 82.8 Å². The van der Waals surface area contributed by atoms with Crippen LogP contribution in [0, 0.1) is 0 Å².